The lowest BCUT2D eigenvalue weighted by molar-refractivity contribution is -0.155. The van der Waals surface area contributed by atoms with Gasteiger partial charge < -0.3 is 10.4 Å². The van der Waals surface area contributed by atoms with Gasteiger partial charge in [0.25, 0.3) is 0 Å². The molecule has 1 saturated heterocycles. The summed E-state index contributed by atoms with van der Waals surface area (Å²) in [6, 6.07) is 10.9. The first-order valence-corrected chi connectivity index (χ1v) is 9.36. The van der Waals surface area contributed by atoms with E-state index in [1.807, 2.05) is 6.07 Å². The van der Waals surface area contributed by atoms with Crippen molar-refractivity contribution in [2.75, 3.05) is 13.1 Å². The quantitative estimate of drug-likeness (QED) is 0.806. The molecule has 1 aliphatic carbocycles. The van der Waals surface area contributed by atoms with E-state index in [0.717, 1.165) is 38.8 Å². The molecule has 1 heterocycles. The average molecular weight is 344 g/mol. The first kappa shape index (κ1) is 17.9. The van der Waals surface area contributed by atoms with Crippen molar-refractivity contribution in [1.29, 1.82) is 0 Å². The third-order valence-corrected chi connectivity index (χ3v) is 6.00. The van der Waals surface area contributed by atoms with Crippen LogP contribution in [0.2, 0.25) is 0 Å². The Hall–Kier alpha value is -1.88. The van der Waals surface area contributed by atoms with E-state index in [1.165, 1.54) is 5.56 Å². The summed E-state index contributed by atoms with van der Waals surface area (Å²) >= 11 is 0. The van der Waals surface area contributed by atoms with Gasteiger partial charge >= 0.3 is 5.97 Å². The number of carboxylic acid groups (broad SMARTS) is 1. The number of nitrogens with zero attached hydrogens (tertiary/aromatic N) is 1. The lowest BCUT2D eigenvalue weighted by atomic mass is 9.84. The van der Waals surface area contributed by atoms with Crippen molar-refractivity contribution in [3.05, 3.63) is 35.9 Å². The first-order chi connectivity index (χ1) is 12.0. The van der Waals surface area contributed by atoms with Crippen LogP contribution >= 0.6 is 0 Å². The fourth-order valence-electron chi connectivity index (χ4n) is 4.21. The Morgan fingerprint density at radius 3 is 2.32 bits per heavy atom. The summed E-state index contributed by atoms with van der Waals surface area (Å²) in [6.07, 6.45) is 4.34. The number of likely N-dealkylation sites (tertiary alicyclic amines) is 1. The van der Waals surface area contributed by atoms with Crippen LogP contribution in [-0.4, -0.2) is 41.0 Å². The van der Waals surface area contributed by atoms with E-state index in [9.17, 15) is 14.7 Å². The Bertz CT molecular complexity index is 603. The second kappa shape index (κ2) is 7.56. The van der Waals surface area contributed by atoms with Gasteiger partial charge in [-0.15, -0.1) is 0 Å². The van der Waals surface area contributed by atoms with Crippen LogP contribution in [0.4, 0.5) is 0 Å². The molecule has 0 spiro atoms. The maximum Gasteiger partial charge on any atom is 0.319 e. The molecule has 5 heteroatoms. The molecule has 0 radical (unpaired) electrons. The van der Waals surface area contributed by atoms with Gasteiger partial charge in [0.05, 0.1) is 0 Å². The number of hydrogen-bond donors (Lipinski definition) is 2. The lowest BCUT2D eigenvalue weighted by Gasteiger charge is -2.37. The molecule has 1 saturated carbocycles. The fourth-order valence-corrected chi connectivity index (χ4v) is 4.21. The van der Waals surface area contributed by atoms with Crippen molar-refractivity contribution >= 4 is 11.9 Å². The van der Waals surface area contributed by atoms with E-state index in [4.69, 9.17) is 0 Å². The first-order valence-electron chi connectivity index (χ1n) is 9.36. The number of carbonyl (C=O) groups is 2. The van der Waals surface area contributed by atoms with Crippen molar-refractivity contribution in [2.24, 2.45) is 5.41 Å². The van der Waals surface area contributed by atoms with Gasteiger partial charge in [-0.25, -0.2) is 0 Å². The summed E-state index contributed by atoms with van der Waals surface area (Å²) in [4.78, 5) is 26.7. The van der Waals surface area contributed by atoms with E-state index < -0.39 is 11.4 Å². The van der Waals surface area contributed by atoms with Gasteiger partial charge in [0, 0.05) is 25.2 Å². The molecule has 0 bridgehead atoms. The molecule has 1 aromatic carbocycles. The lowest BCUT2D eigenvalue weighted by Crippen LogP contribution is -2.51. The molecule has 0 aromatic heterocycles. The van der Waals surface area contributed by atoms with Crippen LogP contribution in [0.1, 0.15) is 57.1 Å². The van der Waals surface area contributed by atoms with Gasteiger partial charge in [-0.1, -0.05) is 43.2 Å². The number of carboxylic acids is 1. The predicted octanol–water partition coefficient (Wildman–Crippen LogP) is 2.97. The van der Waals surface area contributed by atoms with E-state index in [0.29, 0.717) is 18.9 Å². The smallest absolute Gasteiger partial charge is 0.319 e. The third-order valence-electron chi connectivity index (χ3n) is 6.00. The van der Waals surface area contributed by atoms with E-state index in [1.54, 1.807) is 0 Å². The summed E-state index contributed by atoms with van der Waals surface area (Å²) in [5.74, 6) is -1.23. The summed E-state index contributed by atoms with van der Waals surface area (Å²) in [6.45, 7) is 4.05. The number of benzene rings is 1. The number of amides is 1. The zero-order valence-corrected chi connectivity index (χ0v) is 14.9. The Morgan fingerprint density at radius 2 is 1.76 bits per heavy atom. The van der Waals surface area contributed by atoms with Gasteiger partial charge in [-0.3, -0.25) is 14.5 Å². The highest BCUT2D eigenvalue weighted by Gasteiger charge is 2.48. The number of piperidine rings is 1. The molecule has 3 rings (SSSR count). The van der Waals surface area contributed by atoms with Crippen molar-refractivity contribution < 1.29 is 14.7 Å². The summed E-state index contributed by atoms with van der Waals surface area (Å²) < 4.78 is 0. The van der Waals surface area contributed by atoms with Crippen LogP contribution < -0.4 is 5.32 Å². The Morgan fingerprint density at radius 1 is 1.16 bits per heavy atom. The average Bonchev–Trinajstić information content (AvgIpc) is 3.14. The zero-order valence-electron chi connectivity index (χ0n) is 14.9. The molecule has 2 aliphatic rings. The maximum absolute atomic E-state index is 12.6. The number of carbonyl (C=O) groups excluding carboxylic acids is 1. The highest BCUT2D eigenvalue weighted by atomic mass is 16.4. The van der Waals surface area contributed by atoms with Crippen LogP contribution in [-0.2, 0) is 9.59 Å². The molecule has 1 atom stereocenters. The maximum atomic E-state index is 12.6. The van der Waals surface area contributed by atoms with Gasteiger partial charge in [-0.05, 0) is 38.2 Å². The van der Waals surface area contributed by atoms with E-state index in [2.05, 4.69) is 41.4 Å². The molecule has 5 nitrogen and oxygen atoms in total. The van der Waals surface area contributed by atoms with Crippen LogP contribution in [0.5, 0.6) is 0 Å². The van der Waals surface area contributed by atoms with E-state index >= 15 is 0 Å². The van der Waals surface area contributed by atoms with Crippen molar-refractivity contribution in [3.8, 4) is 0 Å². The Labute approximate surface area is 149 Å². The topological polar surface area (TPSA) is 69.6 Å². The molecule has 1 amide bonds. The highest BCUT2D eigenvalue weighted by molar-refractivity contribution is 6.02. The number of hydrogen-bond acceptors (Lipinski definition) is 3. The largest absolute Gasteiger partial charge is 0.480 e. The summed E-state index contributed by atoms with van der Waals surface area (Å²) in [5.41, 5.74) is 0.120. The third kappa shape index (κ3) is 3.71. The molecular weight excluding hydrogens is 316 g/mol. The number of rotatable bonds is 5. The van der Waals surface area contributed by atoms with Gasteiger partial charge in [0.1, 0.15) is 5.41 Å². The normalized spacial score (nSPS) is 22.4. The summed E-state index contributed by atoms with van der Waals surface area (Å²) in [7, 11) is 0. The van der Waals surface area contributed by atoms with Gasteiger partial charge in [0.15, 0.2) is 0 Å². The van der Waals surface area contributed by atoms with Crippen molar-refractivity contribution in [1.82, 2.24) is 10.2 Å². The summed E-state index contributed by atoms with van der Waals surface area (Å²) in [5, 5.41) is 12.6. The molecule has 136 valence electrons. The molecular formula is C20H28N2O3. The van der Waals surface area contributed by atoms with Crippen LogP contribution in [0, 0.1) is 5.41 Å². The molecule has 25 heavy (non-hydrogen) atoms. The number of aliphatic carboxylic acids is 1. The van der Waals surface area contributed by atoms with Crippen molar-refractivity contribution in [2.45, 2.75) is 57.5 Å². The zero-order chi connectivity index (χ0) is 17.9. The minimum absolute atomic E-state index is 0.0866. The van der Waals surface area contributed by atoms with Crippen LogP contribution in [0.15, 0.2) is 30.3 Å². The van der Waals surface area contributed by atoms with Gasteiger partial charge in [-0.2, -0.15) is 0 Å². The monoisotopic (exact) mass is 344 g/mol. The van der Waals surface area contributed by atoms with E-state index in [-0.39, 0.29) is 11.9 Å². The molecule has 2 N–H and O–H groups in total. The molecule has 2 fully saturated rings. The second-order valence-electron chi connectivity index (χ2n) is 7.46. The fraction of sp³-hybridized carbons (Fsp3) is 0.600. The minimum Gasteiger partial charge on any atom is -0.480 e. The Balaban J connectivity index is 1.54. The highest BCUT2D eigenvalue weighted by Crippen LogP contribution is 2.39. The SMILES string of the molecule is CC(c1ccccc1)N1CCC(NC(=O)C2(C(=O)O)CCCC2)CC1. The van der Waals surface area contributed by atoms with Gasteiger partial charge in [0.2, 0.25) is 5.91 Å². The second-order valence-corrected chi connectivity index (χ2v) is 7.46. The minimum atomic E-state index is -1.19. The predicted molar refractivity (Wildman–Crippen MR) is 96.1 cm³/mol. The Kier molecular flexibility index (Phi) is 5.42. The standard InChI is InChI=1S/C20H28N2O3/c1-15(16-7-3-2-4-8-16)22-13-9-17(10-14-22)21-18(23)20(19(24)25)11-5-6-12-20/h2-4,7-8,15,17H,5-6,9-14H2,1H3,(H,21,23)(H,24,25). The number of nitrogens with one attached hydrogen (secondary N) is 1. The molecule has 1 aromatic rings. The van der Waals surface area contributed by atoms with Crippen LogP contribution in [0.25, 0.3) is 0 Å². The van der Waals surface area contributed by atoms with Crippen LogP contribution in [0.3, 0.4) is 0 Å². The molecule has 1 unspecified atom stereocenters. The molecule has 1 aliphatic heterocycles. The van der Waals surface area contributed by atoms with Crippen molar-refractivity contribution in [3.63, 3.8) is 0 Å².